The number of benzene rings is 1. The minimum absolute atomic E-state index is 0.485. The predicted octanol–water partition coefficient (Wildman–Crippen LogP) is 2.94. The van der Waals surface area contributed by atoms with Gasteiger partial charge >= 0.3 is 0 Å². The van der Waals surface area contributed by atoms with E-state index < -0.39 is 6.10 Å². The van der Waals surface area contributed by atoms with Crippen LogP contribution in [0, 0.1) is 0 Å². The summed E-state index contributed by atoms with van der Waals surface area (Å²) in [7, 11) is 0. The van der Waals surface area contributed by atoms with Gasteiger partial charge in [0, 0.05) is 16.6 Å². The molecule has 0 fully saturated rings. The summed E-state index contributed by atoms with van der Waals surface area (Å²) < 4.78 is 0. The molecule has 0 aliphatic heterocycles. The highest BCUT2D eigenvalue weighted by molar-refractivity contribution is 6.31. The SMILES string of the molecule is CC(O)c1ccnc2cc(Cl)ccc12. The van der Waals surface area contributed by atoms with Crippen molar-refractivity contribution in [2.45, 2.75) is 13.0 Å². The maximum atomic E-state index is 9.53. The van der Waals surface area contributed by atoms with Gasteiger partial charge in [0.25, 0.3) is 0 Å². The minimum Gasteiger partial charge on any atom is -0.389 e. The van der Waals surface area contributed by atoms with Gasteiger partial charge in [-0.25, -0.2) is 0 Å². The van der Waals surface area contributed by atoms with Crippen molar-refractivity contribution in [3.05, 3.63) is 41.0 Å². The Morgan fingerprint density at radius 3 is 2.86 bits per heavy atom. The van der Waals surface area contributed by atoms with Gasteiger partial charge in [-0.15, -0.1) is 0 Å². The van der Waals surface area contributed by atoms with Gasteiger partial charge in [-0.05, 0) is 30.7 Å². The topological polar surface area (TPSA) is 33.1 Å². The van der Waals surface area contributed by atoms with E-state index in [2.05, 4.69) is 4.98 Å². The minimum atomic E-state index is -0.485. The second-order valence-corrected chi connectivity index (χ2v) is 3.67. The molecule has 0 spiro atoms. The van der Waals surface area contributed by atoms with Crippen LogP contribution in [0.1, 0.15) is 18.6 Å². The van der Waals surface area contributed by atoms with E-state index >= 15 is 0 Å². The molecule has 0 aliphatic rings. The van der Waals surface area contributed by atoms with Crippen LogP contribution in [0.3, 0.4) is 0 Å². The van der Waals surface area contributed by atoms with Gasteiger partial charge in [0.1, 0.15) is 0 Å². The molecule has 0 saturated carbocycles. The highest BCUT2D eigenvalue weighted by Gasteiger charge is 2.06. The van der Waals surface area contributed by atoms with E-state index in [1.165, 1.54) is 0 Å². The first-order chi connectivity index (χ1) is 6.68. The van der Waals surface area contributed by atoms with Gasteiger partial charge in [0.05, 0.1) is 11.6 Å². The summed E-state index contributed by atoms with van der Waals surface area (Å²) in [4.78, 5) is 4.19. The Morgan fingerprint density at radius 1 is 1.36 bits per heavy atom. The number of halogens is 1. The Labute approximate surface area is 87.2 Å². The van der Waals surface area contributed by atoms with Crippen molar-refractivity contribution in [3.8, 4) is 0 Å². The number of pyridine rings is 1. The van der Waals surface area contributed by atoms with E-state index in [-0.39, 0.29) is 0 Å². The molecule has 0 bridgehead atoms. The van der Waals surface area contributed by atoms with Gasteiger partial charge in [0.15, 0.2) is 0 Å². The Balaban J connectivity index is 2.75. The van der Waals surface area contributed by atoms with Crippen LogP contribution in [0.4, 0.5) is 0 Å². The fraction of sp³-hybridized carbons (Fsp3) is 0.182. The average Bonchev–Trinajstić information content (AvgIpc) is 2.16. The molecule has 2 rings (SSSR count). The summed E-state index contributed by atoms with van der Waals surface area (Å²) in [5, 5.41) is 11.1. The Kier molecular flexibility index (Phi) is 2.40. The van der Waals surface area contributed by atoms with Gasteiger partial charge in [-0.1, -0.05) is 17.7 Å². The number of hydrogen-bond donors (Lipinski definition) is 1. The molecule has 0 amide bonds. The summed E-state index contributed by atoms with van der Waals surface area (Å²) in [5.74, 6) is 0. The Morgan fingerprint density at radius 2 is 2.14 bits per heavy atom. The second kappa shape index (κ2) is 3.56. The molecule has 14 heavy (non-hydrogen) atoms. The monoisotopic (exact) mass is 207 g/mol. The fourth-order valence-corrected chi connectivity index (χ4v) is 1.67. The second-order valence-electron chi connectivity index (χ2n) is 3.24. The van der Waals surface area contributed by atoms with E-state index in [0.717, 1.165) is 16.5 Å². The Hall–Kier alpha value is -1.12. The van der Waals surface area contributed by atoms with Crippen LogP contribution in [0.15, 0.2) is 30.5 Å². The van der Waals surface area contributed by atoms with Crippen molar-refractivity contribution in [3.63, 3.8) is 0 Å². The van der Waals surface area contributed by atoms with Crippen molar-refractivity contribution in [1.29, 1.82) is 0 Å². The first-order valence-corrected chi connectivity index (χ1v) is 4.78. The molecule has 1 aromatic carbocycles. The lowest BCUT2D eigenvalue weighted by molar-refractivity contribution is 0.201. The molecule has 72 valence electrons. The number of hydrogen-bond acceptors (Lipinski definition) is 2. The molecule has 1 heterocycles. The largest absolute Gasteiger partial charge is 0.389 e. The average molecular weight is 208 g/mol. The number of fused-ring (bicyclic) bond motifs is 1. The van der Waals surface area contributed by atoms with Gasteiger partial charge in [0.2, 0.25) is 0 Å². The smallest absolute Gasteiger partial charge is 0.0769 e. The zero-order valence-electron chi connectivity index (χ0n) is 7.74. The summed E-state index contributed by atoms with van der Waals surface area (Å²) in [6, 6.07) is 7.30. The van der Waals surface area contributed by atoms with Gasteiger partial charge < -0.3 is 5.11 Å². The van der Waals surface area contributed by atoms with E-state index in [1.54, 1.807) is 25.3 Å². The molecular weight excluding hydrogens is 198 g/mol. The molecule has 3 heteroatoms. The van der Waals surface area contributed by atoms with Crippen LogP contribution in [0.2, 0.25) is 5.02 Å². The molecule has 0 aliphatic carbocycles. The molecule has 1 atom stereocenters. The van der Waals surface area contributed by atoms with Crippen molar-refractivity contribution >= 4 is 22.5 Å². The molecule has 1 unspecified atom stereocenters. The van der Waals surface area contributed by atoms with E-state index in [4.69, 9.17) is 11.6 Å². The number of aliphatic hydroxyl groups is 1. The lowest BCUT2D eigenvalue weighted by Crippen LogP contribution is -1.93. The van der Waals surface area contributed by atoms with Crippen molar-refractivity contribution in [1.82, 2.24) is 4.98 Å². The molecular formula is C11H10ClNO. The third-order valence-corrected chi connectivity index (χ3v) is 2.42. The number of aromatic nitrogens is 1. The first-order valence-electron chi connectivity index (χ1n) is 4.41. The summed E-state index contributed by atoms with van der Waals surface area (Å²) >= 11 is 5.85. The van der Waals surface area contributed by atoms with Gasteiger partial charge in [-0.3, -0.25) is 4.98 Å². The van der Waals surface area contributed by atoms with E-state index in [9.17, 15) is 5.11 Å². The Bertz CT molecular complexity index is 468. The van der Waals surface area contributed by atoms with Crippen LogP contribution < -0.4 is 0 Å². The maximum absolute atomic E-state index is 9.53. The zero-order chi connectivity index (χ0) is 10.1. The third-order valence-electron chi connectivity index (χ3n) is 2.19. The van der Waals surface area contributed by atoms with Crippen molar-refractivity contribution in [2.75, 3.05) is 0 Å². The number of aliphatic hydroxyl groups excluding tert-OH is 1. The first kappa shape index (κ1) is 9.44. The summed E-state index contributed by atoms with van der Waals surface area (Å²) in [6.45, 7) is 1.74. The van der Waals surface area contributed by atoms with Crippen LogP contribution >= 0.6 is 11.6 Å². The number of nitrogens with zero attached hydrogens (tertiary/aromatic N) is 1. The van der Waals surface area contributed by atoms with Crippen LogP contribution in [-0.2, 0) is 0 Å². The van der Waals surface area contributed by atoms with E-state index in [1.807, 2.05) is 12.1 Å². The molecule has 1 N–H and O–H groups in total. The van der Waals surface area contributed by atoms with Crippen molar-refractivity contribution in [2.24, 2.45) is 0 Å². The highest BCUT2D eigenvalue weighted by Crippen LogP contribution is 2.24. The standard InChI is InChI=1S/C11H10ClNO/c1-7(14)9-4-5-13-11-6-8(12)2-3-10(9)11/h2-7,14H,1H3. The lowest BCUT2D eigenvalue weighted by atomic mass is 10.1. The fourth-order valence-electron chi connectivity index (χ4n) is 1.51. The lowest BCUT2D eigenvalue weighted by Gasteiger charge is -2.08. The quantitative estimate of drug-likeness (QED) is 0.780. The summed E-state index contributed by atoms with van der Waals surface area (Å²) in [6.07, 6.45) is 1.20. The van der Waals surface area contributed by atoms with Crippen LogP contribution in [0.25, 0.3) is 10.9 Å². The van der Waals surface area contributed by atoms with Gasteiger partial charge in [-0.2, -0.15) is 0 Å². The molecule has 2 nitrogen and oxygen atoms in total. The molecule has 0 saturated heterocycles. The zero-order valence-corrected chi connectivity index (χ0v) is 8.49. The summed E-state index contributed by atoms with van der Waals surface area (Å²) in [5.41, 5.74) is 1.70. The molecule has 0 radical (unpaired) electrons. The van der Waals surface area contributed by atoms with Crippen LogP contribution in [-0.4, -0.2) is 10.1 Å². The van der Waals surface area contributed by atoms with Crippen LogP contribution in [0.5, 0.6) is 0 Å². The van der Waals surface area contributed by atoms with E-state index in [0.29, 0.717) is 5.02 Å². The third kappa shape index (κ3) is 1.59. The normalized spacial score (nSPS) is 13.1. The molecule has 1 aromatic heterocycles. The molecule has 2 aromatic rings. The number of rotatable bonds is 1. The highest BCUT2D eigenvalue weighted by atomic mass is 35.5. The predicted molar refractivity (Wildman–Crippen MR) is 57.4 cm³/mol. The van der Waals surface area contributed by atoms with Crippen molar-refractivity contribution < 1.29 is 5.11 Å². The maximum Gasteiger partial charge on any atom is 0.0769 e.